The molecule has 134 valence electrons. The van der Waals surface area contributed by atoms with E-state index < -0.39 is 17.7 Å². The number of carbonyl (C=O) groups excluding carboxylic acids is 2. The zero-order valence-electron chi connectivity index (χ0n) is 14.7. The molecule has 4 nitrogen and oxygen atoms in total. The highest BCUT2D eigenvalue weighted by atomic mass is 35.5. The van der Waals surface area contributed by atoms with Gasteiger partial charge in [-0.05, 0) is 31.0 Å². The smallest absolute Gasteiger partial charge is 0.295 e. The minimum absolute atomic E-state index is 0.120. The van der Waals surface area contributed by atoms with Crippen LogP contribution in [0.15, 0.2) is 54.1 Å². The lowest BCUT2D eigenvalue weighted by atomic mass is 9.95. The second-order valence-electron chi connectivity index (χ2n) is 6.41. The molecule has 3 rings (SSSR count). The van der Waals surface area contributed by atoms with Crippen LogP contribution in [0.25, 0.3) is 5.76 Å². The first kappa shape index (κ1) is 18.2. The highest BCUT2D eigenvalue weighted by molar-refractivity contribution is 6.46. The summed E-state index contributed by atoms with van der Waals surface area (Å²) in [6, 6.07) is 13.6. The summed E-state index contributed by atoms with van der Waals surface area (Å²) in [6.07, 6.45) is 0.710. The largest absolute Gasteiger partial charge is 0.507 e. The number of hydrogen-bond acceptors (Lipinski definition) is 3. The van der Waals surface area contributed by atoms with Crippen LogP contribution in [0.3, 0.4) is 0 Å². The molecular formula is C21H20ClNO3. The first-order chi connectivity index (χ1) is 12.4. The van der Waals surface area contributed by atoms with E-state index in [4.69, 9.17) is 11.6 Å². The Labute approximate surface area is 157 Å². The fourth-order valence-corrected chi connectivity index (χ4v) is 3.34. The number of Topliss-reactive ketones (excluding diaryl/α,β-unsaturated/α-hetero) is 1. The summed E-state index contributed by atoms with van der Waals surface area (Å²) in [5.74, 6) is -1.39. The van der Waals surface area contributed by atoms with Crippen molar-refractivity contribution in [2.75, 3.05) is 6.54 Å². The van der Waals surface area contributed by atoms with E-state index in [2.05, 4.69) is 0 Å². The second-order valence-corrected chi connectivity index (χ2v) is 6.85. The standard InChI is InChI=1S/C21H20ClNO3/c1-3-12-23-18(14-8-10-16(22)11-9-14)17(20(25)21(23)26)19(24)15-6-4-13(2)5-7-15/h4-11,18,24H,3,12H2,1-2H3/b19-17-. The first-order valence-corrected chi connectivity index (χ1v) is 8.92. The third-order valence-corrected chi connectivity index (χ3v) is 4.77. The van der Waals surface area contributed by atoms with Gasteiger partial charge in [-0.15, -0.1) is 0 Å². The Balaban J connectivity index is 2.17. The Morgan fingerprint density at radius 2 is 1.69 bits per heavy atom. The number of amides is 1. The van der Waals surface area contributed by atoms with Crippen LogP contribution in [0.4, 0.5) is 0 Å². The molecule has 0 spiro atoms. The number of aryl methyl sites for hydroxylation is 1. The van der Waals surface area contributed by atoms with Crippen molar-refractivity contribution in [1.82, 2.24) is 4.90 Å². The fraction of sp³-hybridized carbons (Fsp3) is 0.238. The molecule has 1 saturated heterocycles. The molecule has 26 heavy (non-hydrogen) atoms. The number of rotatable bonds is 4. The Morgan fingerprint density at radius 3 is 2.27 bits per heavy atom. The van der Waals surface area contributed by atoms with Gasteiger partial charge in [-0.3, -0.25) is 9.59 Å². The maximum Gasteiger partial charge on any atom is 0.295 e. The second kappa shape index (κ2) is 7.34. The SMILES string of the molecule is CCCN1C(=O)C(=O)/C(=C(\O)c2ccc(C)cc2)C1c1ccc(Cl)cc1. The van der Waals surface area contributed by atoms with Crippen molar-refractivity contribution >= 4 is 29.1 Å². The predicted molar refractivity (Wildman–Crippen MR) is 102 cm³/mol. The minimum Gasteiger partial charge on any atom is -0.507 e. The molecule has 1 fully saturated rings. The van der Waals surface area contributed by atoms with Crippen molar-refractivity contribution in [2.45, 2.75) is 26.3 Å². The van der Waals surface area contributed by atoms with Crippen LogP contribution in [0, 0.1) is 6.92 Å². The van der Waals surface area contributed by atoms with Crippen molar-refractivity contribution in [3.8, 4) is 0 Å². The number of benzene rings is 2. The molecule has 1 aliphatic heterocycles. The van der Waals surface area contributed by atoms with Crippen LogP contribution in [-0.4, -0.2) is 28.2 Å². The maximum atomic E-state index is 12.7. The third kappa shape index (κ3) is 3.25. The lowest BCUT2D eigenvalue weighted by Gasteiger charge is -2.24. The van der Waals surface area contributed by atoms with Gasteiger partial charge in [0, 0.05) is 17.1 Å². The summed E-state index contributed by atoms with van der Waals surface area (Å²) in [5.41, 5.74) is 2.43. The van der Waals surface area contributed by atoms with Gasteiger partial charge in [0.25, 0.3) is 11.7 Å². The zero-order chi connectivity index (χ0) is 18.8. The van der Waals surface area contributed by atoms with Crippen molar-refractivity contribution < 1.29 is 14.7 Å². The summed E-state index contributed by atoms with van der Waals surface area (Å²) in [6.45, 7) is 4.32. The van der Waals surface area contributed by atoms with Crippen LogP contribution < -0.4 is 0 Å². The molecule has 1 atom stereocenters. The van der Waals surface area contributed by atoms with Crippen molar-refractivity contribution in [3.63, 3.8) is 0 Å². The molecule has 2 aromatic rings. The van der Waals surface area contributed by atoms with Crippen LogP contribution >= 0.6 is 11.6 Å². The number of aliphatic hydroxyl groups excluding tert-OH is 1. The number of aliphatic hydroxyl groups is 1. The summed E-state index contributed by atoms with van der Waals surface area (Å²) >= 11 is 5.97. The Hall–Kier alpha value is -2.59. The number of likely N-dealkylation sites (tertiary alicyclic amines) is 1. The molecule has 0 aromatic heterocycles. The number of ketones is 1. The summed E-state index contributed by atoms with van der Waals surface area (Å²) in [7, 11) is 0. The van der Waals surface area contributed by atoms with Gasteiger partial charge in [0.05, 0.1) is 11.6 Å². The van der Waals surface area contributed by atoms with Gasteiger partial charge in [0.2, 0.25) is 0 Å². The molecule has 0 aliphatic carbocycles. The van der Waals surface area contributed by atoms with Gasteiger partial charge in [-0.25, -0.2) is 0 Å². The molecule has 1 N–H and O–H groups in total. The molecule has 0 saturated carbocycles. The van der Waals surface area contributed by atoms with Crippen molar-refractivity contribution in [2.24, 2.45) is 0 Å². The van der Waals surface area contributed by atoms with E-state index in [1.807, 2.05) is 26.0 Å². The lowest BCUT2D eigenvalue weighted by molar-refractivity contribution is -0.139. The molecule has 1 unspecified atom stereocenters. The van der Waals surface area contributed by atoms with Gasteiger partial charge in [0.15, 0.2) is 0 Å². The third-order valence-electron chi connectivity index (χ3n) is 4.52. The Morgan fingerprint density at radius 1 is 1.08 bits per heavy atom. The first-order valence-electron chi connectivity index (χ1n) is 8.55. The summed E-state index contributed by atoms with van der Waals surface area (Å²) in [5, 5.41) is 11.4. The fourth-order valence-electron chi connectivity index (χ4n) is 3.21. The van der Waals surface area contributed by atoms with Gasteiger partial charge >= 0.3 is 0 Å². The topological polar surface area (TPSA) is 57.6 Å². The molecule has 1 amide bonds. The monoisotopic (exact) mass is 369 g/mol. The highest BCUT2D eigenvalue weighted by Gasteiger charge is 2.45. The van der Waals surface area contributed by atoms with Gasteiger partial charge < -0.3 is 10.0 Å². The molecule has 5 heteroatoms. The lowest BCUT2D eigenvalue weighted by Crippen LogP contribution is -2.30. The van der Waals surface area contributed by atoms with Crippen LogP contribution in [0.2, 0.25) is 5.02 Å². The van der Waals surface area contributed by atoms with Gasteiger partial charge in [-0.2, -0.15) is 0 Å². The predicted octanol–water partition coefficient (Wildman–Crippen LogP) is 4.48. The Bertz CT molecular complexity index is 869. The number of nitrogens with zero attached hydrogens (tertiary/aromatic N) is 1. The number of hydrogen-bond donors (Lipinski definition) is 1. The maximum absolute atomic E-state index is 12.7. The average molecular weight is 370 g/mol. The minimum atomic E-state index is -0.656. The normalized spacial score (nSPS) is 19.2. The summed E-state index contributed by atoms with van der Waals surface area (Å²) in [4.78, 5) is 26.8. The zero-order valence-corrected chi connectivity index (χ0v) is 15.5. The van der Waals surface area contributed by atoms with Crippen LogP contribution in [0.1, 0.15) is 36.1 Å². The van der Waals surface area contributed by atoms with Crippen molar-refractivity contribution in [1.29, 1.82) is 0 Å². The van der Waals surface area contributed by atoms with Crippen molar-refractivity contribution in [3.05, 3.63) is 75.8 Å². The van der Waals surface area contributed by atoms with Crippen LogP contribution in [0.5, 0.6) is 0 Å². The highest BCUT2D eigenvalue weighted by Crippen LogP contribution is 2.39. The van der Waals surface area contributed by atoms with Gasteiger partial charge in [-0.1, -0.05) is 60.5 Å². The van der Waals surface area contributed by atoms with E-state index >= 15 is 0 Å². The molecular weight excluding hydrogens is 350 g/mol. The summed E-state index contributed by atoms with van der Waals surface area (Å²) < 4.78 is 0. The van der Waals surface area contributed by atoms with E-state index in [0.29, 0.717) is 23.6 Å². The molecule has 1 aliphatic rings. The van der Waals surface area contributed by atoms with E-state index in [0.717, 1.165) is 11.1 Å². The number of halogens is 1. The Kier molecular flexibility index (Phi) is 5.14. The van der Waals surface area contributed by atoms with E-state index in [1.165, 1.54) is 4.90 Å². The molecule has 2 aromatic carbocycles. The molecule has 0 bridgehead atoms. The average Bonchev–Trinajstić information content (AvgIpc) is 2.88. The quantitative estimate of drug-likeness (QED) is 0.491. The van der Waals surface area contributed by atoms with E-state index in [-0.39, 0.29) is 11.3 Å². The number of carbonyl (C=O) groups is 2. The van der Waals surface area contributed by atoms with E-state index in [1.54, 1.807) is 36.4 Å². The van der Waals surface area contributed by atoms with E-state index in [9.17, 15) is 14.7 Å². The van der Waals surface area contributed by atoms with Crippen LogP contribution in [-0.2, 0) is 9.59 Å². The van der Waals surface area contributed by atoms with Gasteiger partial charge in [0.1, 0.15) is 5.76 Å². The molecule has 1 heterocycles. The molecule has 0 radical (unpaired) electrons.